The van der Waals surface area contributed by atoms with E-state index in [9.17, 15) is 18.5 Å². The van der Waals surface area contributed by atoms with Crippen molar-refractivity contribution in [3.8, 4) is 0 Å². The largest absolute Gasteiger partial charge is 0.399 e. The van der Waals surface area contributed by atoms with Crippen LogP contribution < -0.4 is 5.73 Å². The molecule has 2 rings (SSSR count). The summed E-state index contributed by atoms with van der Waals surface area (Å²) in [4.78, 5) is 10.1. The first kappa shape index (κ1) is 15.7. The third kappa shape index (κ3) is 3.01. The van der Waals surface area contributed by atoms with Gasteiger partial charge >= 0.3 is 0 Å². The maximum atomic E-state index is 12.7. The number of nitrogen functional groups attached to an aromatic ring is 1. The van der Waals surface area contributed by atoms with E-state index in [1.165, 1.54) is 16.4 Å². The predicted octanol–water partition coefficient (Wildman–Crippen LogP) is 1.84. The van der Waals surface area contributed by atoms with E-state index in [-0.39, 0.29) is 16.5 Å². The Balaban J connectivity index is 2.43. The van der Waals surface area contributed by atoms with Crippen LogP contribution in [0.3, 0.4) is 0 Å². The summed E-state index contributed by atoms with van der Waals surface area (Å²) in [5.74, 6) is 0.666. The van der Waals surface area contributed by atoms with Crippen molar-refractivity contribution in [2.45, 2.75) is 25.2 Å². The summed E-state index contributed by atoms with van der Waals surface area (Å²) in [6.07, 6.45) is 0.753. The summed E-state index contributed by atoms with van der Waals surface area (Å²) >= 11 is 0. The topological polar surface area (TPSA) is 107 Å². The van der Waals surface area contributed by atoms with Gasteiger partial charge in [-0.1, -0.05) is 13.8 Å². The molecule has 1 aromatic carbocycles. The molecule has 1 saturated heterocycles. The summed E-state index contributed by atoms with van der Waals surface area (Å²) in [6, 6.07) is 3.67. The van der Waals surface area contributed by atoms with Crippen LogP contribution in [-0.4, -0.2) is 30.7 Å². The number of nitro benzene ring substituents is 1. The van der Waals surface area contributed by atoms with Gasteiger partial charge in [-0.2, -0.15) is 4.31 Å². The molecule has 0 saturated carbocycles. The molecule has 1 aliphatic heterocycles. The predicted molar refractivity (Wildman–Crippen MR) is 79.2 cm³/mol. The minimum Gasteiger partial charge on any atom is -0.399 e. The van der Waals surface area contributed by atoms with E-state index in [2.05, 4.69) is 6.92 Å². The lowest BCUT2D eigenvalue weighted by molar-refractivity contribution is -0.387. The number of hydrogen-bond acceptors (Lipinski definition) is 5. The van der Waals surface area contributed by atoms with Gasteiger partial charge in [0.05, 0.1) is 4.92 Å². The first-order chi connectivity index (χ1) is 9.73. The second kappa shape index (κ2) is 5.61. The Morgan fingerprint density at radius 2 is 2.00 bits per heavy atom. The molecule has 0 radical (unpaired) electrons. The molecule has 1 aromatic rings. The lowest BCUT2D eigenvalue weighted by atomic mass is 9.90. The maximum Gasteiger partial charge on any atom is 0.291 e. The monoisotopic (exact) mass is 313 g/mol. The lowest BCUT2D eigenvalue weighted by Gasteiger charge is -2.34. The SMILES string of the molecule is CC1CCN(S(=O)(=O)c2ccc(N)cc2[N+](=O)[O-])CC1C. The van der Waals surface area contributed by atoms with E-state index in [1.807, 2.05) is 6.92 Å². The quantitative estimate of drug-likeness (QED) is 0.520. The van der Waals surface area contributed by atoms with Crippen molar-refractivity contribution in [3.63, 3.8) is 0 Å². The van der Waals surface area contributed by atoms with Crippen LogP contribution in [0.25, 0.3) is 0 Å². The molecule has 0 bridgehead atoms. The van der Waals surface area contributed by atoms with Crippen LogP contribution in [-0.2, 0) is 10.0 Å². The van der Waals surface area contributed by atoms with Gasteiger partial charge in [-0.05, 0) is 30.4 Å². The van der Waals surface area contributed by atoms with E-state index in [4.69, 9.17) is 5.73 Å². The molecule has 2 unspecified atom stereocenters. The number of nitro groups is 1. The zero-order valence-corrected chi connectivity index (χ0v) is 12.8. The highest BCUT2D eigenvalue weighted by Crippen LogP contribution is 2.32. The molecule has 1 heterocycles. The molecule has 21 heavy (non-hydrogen) atoms. The Labute approximate surface area is 123 Å². The Morgan fingerprint density at radius 1 is 1.33 bits per heavy atom. The minimum atomic E-state index is -3.87. The number of benzene rings is 1. The smallest absolute Gasteiger partial charge is 0.291 e. The fourth-order valence-corrected chi connectivity index (χ4v) is 4.17. The van der Waals surface area contributed by atoms with Crippen LogP contribution in [0.2, 0.25) is 0 Å². The summed E-state index contributed by atoms with van der Waals surface area (Å²) in [7, 11) is -3.87. The Kier molecular flexibility index (Phi) is 4.20. The van der Waals surface area contributed by atoms with Crippen LogP contribution in [0.1, 0.15) is 20.3 Å². The molecular formula is C13H19N3O4S. The standard InChI is InChI=1S/C13H19N3O4S/c1-9-5-6-15(8-10(9)2)21(19,20)13-4-3-11(14)7-12(13)16(17)18/h3-4,7,9-10H,5-6,8,14H2,1-2H3. The normalized spacial score (nSPS) is 23.9. The van der Waals surface area contributed by atoms with Crippen LogP contribution >= 0.6 is 0 Å². The van der Waals surface area contributed by atoms with Crippen molar-refractivity contribution in [3.05, 3.63) is 28.3 Å². The second-order valence-corrected chi connectivity index (χ2v) is 7.50. The molecular weight excluding hydrogens is 294 g/mol. The molecule has 0 amide bonds. The Morgan fingerprint density at radius 3 is 2.57 bits per heavy atom. The second-order valence-electron chi connectivity index (χ2n) is 5.59. The number of nitrogens with zero attached hydrogens (tertiary/aromatic N) is 2. The number of sulfonamides is 1. The molecule has 1 fully saturated rings. The molecule has 2 atom stereocenters. The molecule has 116 valence electrons. The molecule has 1 aliphatic rings. The van der Waals surface area contributed by atoms with E-state index in [0.717, 1.165) is 12.5 Å². The highest BCUT2D eigenvalue weighted by molar-refractivity contribution is 7.89. The zero-order chi connectivity index (χ0) is 15.8. The van der Waals surface area contributed by atoms with Gasteiger partial charge in [0, 0.05) is 24.8 Å². The summed E-state index contributed by atoms with van der Waals surface area (Å²) in [5.41, 5.74) is 5.21. The van der Waals surface area contributed by atoms with Crippen molar-refractivity contribution in [2.24, 2.45) is 11.8 Å². The fraction of sp³-hybridized carbons (Fsp3) is 0.538. The van der Waals surface area contributed by atoms with Crippen molar-refractivity contribution in [1.82, 2.24) is 4.31 Å². The van der Waals surface area contributed by atoms with E-state index in [1.54, 1.807) is 0 Å². The van der Waals surface area contributed by atoms with Crippen molar-refractivity contribution in [1.29, 1.82) is 0 Å². The van der Waals surface area contributed by atoms with Crippen LogP contribution in [0.4, 0.5) is 11.4 Å². The Bertz CT molecular complexity index is 659. The molecule has 8 heteroatoms. The van der Waals surface area contributed by atoms with Gasteiger partial charge in [0.15, 0.2) is 4.90 Å². The van der Waals surface area contributed by atoms with Crippen LogP contribution in [0.5, 0.6) is 0 Å². The highest BCUT2D eigenvalue weighted by atomic mass is 32.2. The molecule has 0 spiro atoms. The molecule has 7 nitrogen and oxygen atoms in total. The number of piperidine rings is 1. The average molecular weight is 313 g/mol. The zero-order valence-electron chi connectivity index (χ0n) is 12.0. The van der Waals surface area contributed by atoms with Gasteiger partial charge < -0.3 is 5.73 Å². The Hall–Kier alpha value is -1.67. The molecule has 2 N–H and O–H groups in total. The first-order valence-electron chi connectivity index (χ1n) is 6.77. The lowest BCUT2D eigenvalue weighted by Crippen LogP contribution is -2.42. The van der Waals surface area contributed by atoms with Gasteiger partial charge in [-0.25, -0.2) is 8.42 Å². The van der Waals surface area contributed by atoms with E-state index >= 15 is 0 Å². The number of hydrogen-bond donors (Lipinski definition) is 1. The summed E-state index contributed by atoms with van der Waals surface area (Å²) < 4.78 is 26.6. The minimum absolute atomic E-state index is 0.168. The van der Waals surface area contributed by atoms with Gasteiger partial charge in [-0.3, -0.25) is 10.1 Å². The summed E-state index contributed by atoms with van der Waals surface area (Å²) in [5, 5.41) is 11.1. The molecule has 0 aromatic heterocycles. The van der Waals surface area contributed by atoms with Gasteiger partial charge in [-0.15, -0.1) is 0 Å². The van der Waals surface area contributed by atoms with Crippen LogP contribution in [0, 0.1) is 22.0 Å². The third-order valence-electron chi connectivity index (χ3n) is 4.09. The molecule has 0 aliphatic carbocycles. The first-order valence-corrected chi connectivity index (χ1v) is 8.21. The number of rotatable bonds is 3. The maximum absolute atomic E-state index is 12.7. The fourth-order valence-electron chi connectivity index (χ4n) is 2.48. The van der Waals surface area contributed by atoms with E-state index in [0.29, 0.717) is 19.0 Å². The number of nitrogens with two attached hydrogens (primary N) is 1. The van der Waals surface area contributed by atoms with Gasteiger partial charge in [0.25, 0.3) is 5.69 Å². The van der Waals surface area contributed by atoms with Crippen molar-refractivity contribution < 1.29 is 13.3 Å². The van der Waals surface area contributed by atoms with Gasteiger partial charge in [0.1, 0.15) is 0 Å². The summed E-state index contributed by atoms with van der Waals surface area (Å²) in [6.45, 7) is 4.84. The van der Waals surface area contributed by atoms with Crippen LogP contribution in [0.15, 0.2) is 23.1 Å². The van der Waals surface area contributed by atoms with Gasteiger partial charge in [0.2, 0.25) is 10.0 Å². The highest BCUT2D eigenvalue weighted by Gasteiger charge is 2.35. The van der Waals surface area contributed by atoms with Crippen molar-refractivity contribution >= 4 is 21.4 Å². The van der Waals surface area contributed by atoms with E-state index < -0.39 is 20.6 Å². The third-order valence-corrected chi connectivity index (χ3v) is 6.01. The average Bonchev–Trinajstić information content (AvgIpc) is 2.41. The number of anilines is 1. The van der Waals surface area contributed by atoms with Crippen molar-refractivity contribution in [2.75, 3.05) is 18.8 Å².